The van der Waals surface area contributed by atoms with E-state index in [0.717, 1.165) is 11.3 Å². The fourth-order valence-electron chi connectivity index (χ4n) is 4.16. The number of amides is 1. The highest BCUT2D eigenvalue weighted by Gasteiger charge is 2.23. The van der Waals surface area contributed by atoms with Gasteiger partial charge in [0, 0.05) is 17.4 Å². The van der Waals surface area contributed by atoms with Crippen LogP contribution in [0.5, 0.6) is 11.6 Å². The molecule has 1 amide bonds. The van der Waals surface area contributed by atoms with Crippen LogP contribution in [0.15, 0.2) is 54.6 Å². The van der Waals surface area contributed by atoms with Crippen molar-refractivity contribution >= 4 is 17.3 Å². The molecule has 5 N–H and O–H groups in total. The number of aryl methyl sites for hydroxylation is 2. The summed E-state index contributed by atoms with van der Waals surface area (Å²) < 4.78 is 0. The van der Waals surface area contributed by atoms with E-state index in [2.05, 4.69) is 15.6 Å². The van der Waals surface area contributed by atoms with Crippen molar-refractivity contribution in [2.24, 2.45) is 0 Å². The Labute approximate surface area is 182 Å². The van der Waals surface area contributed by atoms with Crippen LogP contribution in [-0.4, -0.2) is 27.1 Å². The number of benzene rings is 2. The first-order valence-electron chi connectivity index (χ1n) is 10.9. The van der Waals surface area contributed by atoms with Crippen molar-refractivity contribution in [1.29, 1.82) is 0 Å². The van der Waals surface area contributed by atoms with Gasteiger partial charge in [0.05, 0.1) is 5.69 Å². The summed E-state index contributed by atoms with van der Waals surface area (Å²) >= 11 is 0. The fraction of sp³-hybridized carbons (Fsp3) is 0.320. The number of nitrogens with one attached hydrogen (secondary N) is 3. The van der Waals surface area contributed by atoms with E-state index in [9.17, 15) is 15.0 Å². The van der Waals surface area contributed by atoms with Gasteiger partial charge in [0.1, 0.15) is 5.56 Å². The zero-order valence-corrected chi connectivity index (χ0v) is 17.5. The van der Waals surface area contributed by atoms with Gasteiger partial charge in [-0.05, 0) is 55.5 Å². The van der Waals surface area contributed by atoms with Gasteiger partial charge >= 0.3 is 0 Å². The smallest absolute Gasteiger partial charge is 0.264 e. The lowest BCUT2D eigenvalue weighted by Gasteiger charge is -2.23. The van der Waals surface area contributed by atoms with Crippen LogP contribution in [0.2, 0.25) is 0 Å². The molecule has 1 aliphatic carbocycles. The molecule has 0 unspecified atom stereocenters. The van der Waals surface area contributed by atoms with Crippen molar-refractivity contribution in [3.05, 3.63) is 71.4 Å². The highest BCUT2D eigenvalue weighted by Crippen LogP contribution is 2.32. The van der Waals surface area contributed by atoms with Crippen LogP contribution in [-0.2, 0) is 12.8 Å². The Morgan fingerprint density at radius 3 is 2.29 bits per heavy atom. The van der Waals surface area contributed by atoms with E-state index in [4.69, 9.17) is 0 Å². The predicted octanol–water partition coefficient (Wildman–Crippen LogP) is 5.21. The number of carbonyl (C=O) groups is 1. The van der Waals surface area contributed by atoms with Crippen LogP contribution >= 0.6 is 0 Å². The minimum absolute atomic E-state index is 0.132. The summed E-state index contributed by atoms with van der Waals surface area (Å²) in [6.07, 6.45) is 7.40. The van der Waals surface area contributed by atoms with Crippen LogP contribution in [0, 0.1) is 0 Å². The molecule has 1 saturated carbocycles. The number of hydrogen-bond acceptors (Lipinski definition) is 4. The largest absolute Gasteiger partial charge is 0.505 e. The lowest BCUT2D eigenvalue weighted by Crippen LogP contribution is -2.22. The average Bonchev–Trinajstić information content (AvgIpc) is 3.08. The lowest BCUT2D eigenvalue weighted by atomic mass is 9.95. The minimum atomic E-state index is -0.551. The molecule has 0 saturated heterocycles. The summed E-state index contributed by atoms with van der Waals surface area (Å²) in [7, 11) is 0. The monoisotopic (exact) mass is 419 g/mol. The number of aromatic hydroxyl groups is 2. The Morgan fingerprint density at radius 2 is 1.58 bits per heavy atom. The van der Waals surface area contributed by atoms with Gasteiger partial charge in [-0.25, -0.2) is 0 Å². The maximum atomic E-state index is 12.7. The molecule has 4 rings (SSSR count). The second kappa shape index (κ2) is 9.60. The molecular weight excluding hydrogens is 390 g/mol. The number of anilines is 2. The summed E-state index contributed by atoms with van der Waals surface area (Å²) in [4.78, 5) is 15.4. The van der Waals surface area contributed by atoms with Crippen molar-refractivity contribution in [3.8, 4) is 11.6 Å². The van der Waals surface area contributed by atoms with Crippen LogP contribution in [0.4, 0.5) is 11.4 Å². The van der Waals surface area contributed by atoms with Gasteiger partial charge in [-0.1, -0.05) is 49.6 Å². The molecule has 1 heterocycles. The standard InChI is InChI=1S/C25H29N3O3/c29-23-21(16-11-17-7-3-1-4-8-17)28-25(31)22(23)24(30)27-20-14-12-19(13-15-20)26-18-9-5-2-6-10-18/h1,3-4,7-8,12-15,18,26,28-29,31H,2,5-6,9-11,16H2,(H,27,30). The van der Waals surface area contributed by atoms with E-state index in [-0.39, 0.29) is 17.2 Å². The van der Waals surface area contributed by atoms with Crippen LogP contribution in [0.3, 0.4) is 0 Å². The quantitative estimate of drug-likeness (QED) is 0.363. The summed E-state index contributed by atoms with van der Waals surface area (Å²) in [6.45, 7) is 0. The third kappa shape index (κ3) is 5.20. The highest BCUT2D eigenvalue weighted by molar-refractivity contribution is 6.08. The molecule has 0 atom stereocenters. The van der Waals surface area contributed by atoms with E-state index in [1.165, 1.54) is 32.1 Å². The summed E-state index contributed by atoms with van der Waals surface area (Å²) in [5.41, 5.74) is 3.06. The molecule has 2 aromatic carbocycles. The van der Waals surface area contributed by atoms with E-state index >= 15 is 0 Å². The molecule has 3 aromatic rings. The summed E-state index contributed by atoms with van der Waals surface area (Å²) in [6, 6.07) is 17.9. The molecule has 0 radical (unpaired) electrons. The Hall–Kier alpha value is -3.41. The Morgan fingerprint density at radius 1 is 0.903 bits per heavy atom. The van der Waals surface area contributed by atoms with E-state index < -0.39 is 5.91 Å². The molecular formula is C25H29N3O3. The number of H-pyrrole nitrogens is 1. The maximum absolute atomic E-state index is 12.7. The van der Waals surface area contributed by atoms with E-state index in [1.807, 2.05) is 54.6 Å². The molecule has 0 bridgehead atoms. The van der Waals surface area contributed by atoms with E-state index in [0.29, 0.717) is 30.3 Å². The molecule has 31 heavy (non-hydrogen) atoms. The number of rotatable bonds is 7. The second-order valence-electron chi connectivity index (χ2n) is 8.17. The highest BCUT2D eigenvalue weighted by atomic mass is 16.3. The molecule has 0 aliphatic heterocycles. The topological polar surface area (TPSA) is 97.4 Å². The molecule has 6 heteroatoms. The number of aromatic amines is 1. The average molecular weight is 420 g/mol. The van der Waals surface area contributed by atoms with Gasteiger partial charge in [0.2, 0.25) is 5.88 Å². The first-order chi connectivity index (χ1) is 15.1. The van der Waals surface area contributed by atoms with Crippen LogP contribution in [0.1, 0.15) is 53.7 Å². The van der Waals surface area contributed by atoms with Crippen LogP contribution < -0.4 is 10.6 Å². The minimum Gasteiger partial charge on any atom is -0.505 e. The molecule has 1 fully saturated rings. The predicted molar refractivity (Wildman–Crippen MR) is 123 cm³/mol. The SMILES string of the molecule is O=C(Nc1ccc(NC2CCCCC2)cc1)c1c(O)[nH]c(CCc2ccccc2)c1O. The van der Waals surface area contributed by atoms with Crippen LogP contribution in [0.25, 0.3) is 0 Å². The summed E-state index contributed by atoms with van der Waals surface area (Å²) in [5.74, 6) is -1.08. The molecule has 6 nitrogen and oxygen atoms in total. The zero-order chi connectivity index (χ0) is 21.6. The molecule has 0 spiro atoms. The lowest BCUT2D eigenvalue weighted by molar-refractivity contribution is 0.102. The maximum Gasteiger partial charge on any atom is 0.264 e. The van der Waals surface area contributed by atoms with E-state index in [1.54, 1.807) is 0 Å². The summed E-state index contributed by atoms with van der Waals surface area (Å²) in [5, 5.41) is 27.0. The Balaban J connectivity index is 1.38. The molecule has 1 aromatic heterocycles. The number of carbonyl (C=O) groups excluding carboxylic acids is 1. The van der Waals surface area contributed by atoms with Gasteiger partial charge in [0.15, 0.2) is 5.75 Å². The van der Waals surface area contributed by atoms with Crippen molar-refractivity contribution in [3.63, 3.8) is 0 Å². The zero-order valence-electron chi connectivity index (χ0n) is 17.5. The van der Waals surface area contributed by atoms with Gasteiger partial charge in [0.25, 0.3) is 5.91 Å². The molecule has 162 valence electrons. The number of aromatic nitrogens is 1. The van der Waals surface area contributed by atoms with Crippen molar-refractivity contribution < 1.29 is 15.0 Å². The molecule has 1 aliphatic rings. The first-order valence-corrected chi connectivity index (χ1v) is 10.9. The third-order valence-electron chi connectivity index (χ3n) is 5.88. The normalized spacial score (nSPS) is 14.3. The number of hydrogen-bond donors (Lipinski definition) is 5. The van der Waals surface area contributed by atoms with Gasteiger partial charge in [-0.15, -0.1) is 0 Å². The van der Waals surface area contributed by atoms with Crippen molar-refractivity contribution in [1.82, 2.24) is 4.98 Å². The van der Waals surface area contributed by atoms with Crippen molar-refractivity contribution in [2.75, 3.05) is 10.6 Å². The third-order valence-corrected chi connectivity index (χ3v) is 5.88. The Kier molecular flexibility index (Phi) is 6.46. The fourth-order valence-corrected chi connectivity index (χ4v) is 4.16. The van der Waals surface area contributed by atoms with Crippen molar-refractivity contribution in [2.45, 2.75) is 51.0 Å². The Bertz CT molecular complexity index is 1010. The van der Waals surface area contributed by atoms with Gasteiger partial charge in [-0.3, -0.25) is 4.79 Å². The first kappa shape index (κ1) is 20.8. The van der Waals surface area contributed by atoms with Gasteiger partial charge < -0.3 is 25.8 Å². The second-order valence-corrected chi connectivity index (χ2v) is 8.17. The van der Waals surface area contributed by atoms with Gasteiger partial charge in [-0.2, -0.15) is 0 Å².